The van der Waals surface area contributed by atoms with Crippen LogP contribution in [0.2, 0.25) is 0 Å². The summed E-state index contributed by atoms with van der Waals surface area (Å²) < 4.78 is 47.6. The topological polar surface area (TPSA) is 74.7 Å². The number of rotatable bonds is 5. The van der Waals surface area contributed by atoms with Crippen molar-refractivity contribution in [1.82, 2.24) is 4.90 Å². The predicted molar refractivity (Wildman–Crippen MR) is 82.6 cm³/mol. The Labute approximate surface area is 139 Å². The first-order valence-electron chi connectivity index (χ1n) is 6.90. The quantitative estimate of drug-likeness (QED) is 0.863. The number of benzene rings is 1. The highest BCUT2D eigenvalue weighted by atomic mass is 35.5. The summed E-state index contributed by atoms with van der Waals surface area (Å²) >= 11 is 0. The first kappa shape index (κ1) is 19.8. The normalized spacial score (nSPS) is 19.3. The number of nitrogens with zero attached hydrogens (tertiary/aromatic N) is 1. The maximum absolute atomic E-state index is 12.5. The lowest BCUT2D eigenvalue weighted by Gasteiger charge is -2.32. The van der Waals surface area contributed by atoms with Gasteiger partial charge in [0.1, 0.15) is 6.04 Å². The van der Waals surface area contributed by atoms with Crippen molar-refractivity contribution >= 4 is 28.2 Å². The van der Waals surface area contributed by atoms with E-state index in [9.17, 15) is 27.1 Å². The molecule has 130 valence electrons. The van der Waals surface area contributed by atoms with Crippen molar-refractivity contribution in [3.05, 3.63) is 29.8 Å². The molecule has 1 aromatic carbocycles. The van der Waals surface area contributed by atoms with E-state index in [1.807, 2.05) is 4.90 Å². The molecule has 0 saturated carbocycles. The van der Waals surface area contributed by atoms with Crippen molar-refractivity contribution < 1.29 is 27.1 Å². The molecular weight excluding hydrogens is 352 g/mol. The molecule has 1 aliphatic rings. The number of carboxylic acids is 1. The zero-order valence-corrected chi connectivity index (χ0v) is 13.8. The highest BCUT2D eigenvalue weighted by Crippen LogP contribution is 2.22. The van der Waals surface area contributed by atoms with Gasteiger partial charge in [0, 0.05) is 6.54 Å². The molecule has 1 aliphatic heterocycles. The Balaban J connectivity index is 0.00000264. The molecule has 2 rings (SSSR count). The fraction of sp³-hybridized carbons (Fsp3) is 0.500. The van der Waals surface area contributed by atoms with Crippen LogP contribution in [0.15, 0.2) is 29.2 Å². The highest BCUT2D eigenvalue weighted by molar-refractivity contribution is 7.91. The smallest absolute Gasteiger partial charge is 0.341 e. The molecule has 1 unspecified atom stereocenters. The standard InChI is InChI=1S/C14H17F2NO4S.ClH/c15-14(16)22(20,21)11-6-4-10(5-7-11)9-17-8-2-1-3-12(17)13(18)19;/h4-7,12,14H,1-3,8-9H2,(H,18,19);1H. The van der Waals surface area contributed by atoms with Crippen LogP contribution in [0.1, 0.15) is 24.8 Å². The van der Waals surface area contributed by atoms with E-state index >= 15 is 0 Å². The minimum atomic E-state index is -4.59. The maximum atomic E-state index is 12.5. The van der Waals surface area contributed by atoms with Gasteiger partial charge < -0.3 is 5.11 Å². The molecule has 9 heteroatoms. The fourth-order valence-corrected chi connectivity index (χ4v) is 3.30. The number of hydrogen-bond acceptors (Lipinski definition) is 4. The minimum absolute atomic E-state index is 0. The fourth-order valence-electron chi connectivity index (χ4n) is 2.58. The van der Waals surface area contributed by atoms with E-state index in [2.05, 4.69) is 0 Å². The third-order valence-electron chi connectivity index (χ3n) is 3.77. The number of alkyl halides is 2. The Hall–Kier alpha value is -1.25. The van der Waals surface area contributed by atoms with Gasteiger partial charge in [-0.1, -0.05) is 18.6 Å². The van der Waals surface area contributed by atoms with Crippen LogP contribution in [0.4, 0.5) is 8.78 Å². The van der Waals surface area contributed by atoms with Crippen LogP contribution < -0.4 is 0 Å². The van der Waals surface area contributed by atoms with Crippen LogP contribution in [0.3, 0.4) is 0 Å². The summed E-state index contributed by atoms with van der Waals surface area (Å²) in [6, 6.07) is 4.61. The van der Waals surface area contributed by atoms with E-state index in [0.717, 1.165) is 25.0 Å². The second kappa shape index (κ2) is 8.03. The summed E-state index contributed by atoms with van der Waals surface area (Å²) in [7, 11) is -4.59. The third kappa shape index (κ3) is 4.62. The molecule has 1 heterocycles. The lowest BCUT2D eigenvalue weighted by Crippen LogP contribution is -2.43. The largest absolute Gasteiger partial charge is 0.480 e. The van der Waals surface area contributed by atoms with Gasteiger partial charge in [-0.15, -0.1) is 12.4 Å². The molecule has 1 atom stereocenters. The van der Waals surface area contributed by atoms with Gasteiger partial charge in [0.2, 0.25) is 9.84 Å². The summed E-state index contributed by atoms with van der Waals surface area (Å²) in [4.78, 5) is 12.6. The summed E-state index contributed by atoms with van der Waals surface area (Å²) in [6.45, 7) is 1.00. The van der Waals surface area contributed by atoms with Crippen LogP contribution >= 0.6 is 12.4 Å². The Morgan fingerprint density at radius 1 is 1.26 bits per heavy atom. The van der Waals surface area contributed by atoms with Crippen molar-refractivity contribution in [3.63, 3.8) is 0 Å². The number of piperidine rings is 1. The Kier molecular flexibility index (Phi) is 6.91. The monoisotopic (exact) mass is 369 g/mol. The molecule has 1 fully saturated rings. The van der Waals surface area contributed by atoms with Crippen LogP contribution in [-0.4, -0.2) is 42.7 Å². The SMILES string of the molecule is Cl.O=C(O)C1CCCCN1Cc1ccc(S(=O)(=O)C(F)F)cc1. The van der Waals surface area contributed by atoms with Gasteiger partial charge >= 0.3 is 11.7 Å². The van der Waals surface area contributed by atoms with Gasteiger partial charge in [-0.2, -0.15) is 8.78 Å². The average Bonchev–Trinajstić information content (AvgIpc) is 2.48. The van der Waals surface area contributed by atoms with E-state index < -0.39 is 32.5 Å². The molecule has 0 aliphatic carbocycles. The molecule has 23 heavy (non-hydrogen) atoms. The van der Waals surface area contributed by atoms with Crippen molar-refractivity contribution in [1.29, 1.82) is 0 Å². The van der Waals surface area contributed by atoms with E-state index in [4.69, 9.17) is 0 Å². The van der Waals surface area contributed by atoms with Crippen LogP contribution in [-0.2, 0) is 21.2 Å². The summed E-state index contributed by atoms with van der Waals surface area (Å²) in [5.41, 5.74) is 0.696. The molecule has 0 aromatic heterocycles. The van der Waals surface area contributed by atoms with E-state index in [0.29, 0.717) is 25.1 Å². The van der Waals surface area contributed by atoms with Crippen molar-refractivity contribution in [2.45, 2.75) is 42.5 Å². The Morgan fingerprint density at radius 3 is 2.39 bits per heavy atom. The van der Waals surface area contributed by atoms with Crippen molar-refractivity contribution in [2.24, 2.45) is 0 Å². The number of likely N-dealkylation sites (tertiary alicyclic amines) is 1. The molecule has 0 amide bonds. The van der Waals surface area contributed by atoms with Crippen LogP contribution in [0.25, 0.3) is 0 Å². The van der Waals surface area contributed by atoms with Gasteiger partial charge in [-0.3, -0.25) is 9.69 Å². The van der Waals surface area contributed by atoms with Gasteiger partial charge in [-0.05, 0) is 37.1 Å². The van der Waals surface area contributed by atoms with E-state index in [1.54, 1.807) is 0 Å². The minimum Gasteiger partial charge on any atom is -0.480 e. The third-order valence-corrected chi connectivity index (χ3v) is 5.17. The zero-order chi connectivity index (χ0) is 16.3. The zero-order valence-electron chi connectivity index (χ0n) is 12.2. The number of aliphatic carboxylic acids is 1. The molecule has 0 radical (unpaired) electrons. The van der Waals surface area contributed by atoms with Gasteiger partial charge in [-0.25, -0.2) is 8.42 Å². The maximum Gasteiger partial charge on any atom is 0.341 e. The van der Waals surface area contributed by atoms with Gasteiger partial charge in [0.05, 0.1) is 4.90 Å². The lowest BCUT2D eigenvalue weighted by molar-refractivity contribution is -0.144. The first-order chi connectivity index (χ1) is 10.3. The molecular formula is C14H18ClF2NO4S. The number of sulfone groups is 1. The van der Waals surface area contributed by atoms with Crippen molar-refractivity contribution in [2.75, 3.05) is 6.54 Å². The van der Waals surface area contributed by atoms with Gasteiger partial charge in [0.15, 0.2) is 0 Å². The summed E-state index contributed by atoms with van der Waals surface area (Å²) in [5, 5.41) is 9.19. The summed E-state index contributed by atoms with van der Waals surface area (Å²) in [6.07, 6.45) is 2.34. The van der Waals surface area contributed by atoms with Crippen molar-refractivity contribution in [3.8, 4) is 0 Å². The second-order valence-corrected chi connectivity index (χ2v) is 7.19. The van der Waals surface area contributed by atoms with Crippen LogP contribution in [0.5, 0.6) is 0 Å². The molecule has 5 nitrogen and oxygen atoms in total. The predicted octanol–water partition coefficient (Wildman–Crippen LogP) is 2.54. The lowest BCUT2D eigenvalue weighted by atomic mass is 10.0. The first-order valence-corrected chi connectivity index (χ1v) is 8.45. The van der Waals surface area contributed by atoms with E-state index in [1.165, 1.54) is 12.1 Å². The Morgan fingerprint density at radius 2 is 1.87 bits per heavy atom. The number of halogens is 3. The molecule has 1 saturated heterocycles. The molecule has 0 spiro atoms. The number of hydrogen-bond donors (Lipinski definition) is 1. The van der Waals surface area contributed by atoms with E-state index in [-0.39, 0.29) is 12.4 Å². The summed E-state index contributed by atoms with van der Waals surface area (Å²) in [5.74, 6) is -4.33. The molecule has 0 bridgehead atoms. The molecule has 1 aromatic rings. The number of carbonyl (C=O) groups is 1. The van der Waals surface area contributed by atoms with Gasteiger partial charge in [0.25, 0.3) is 0 Å². The molecule has 1 N–H and O–H groups in total. The van der Waals surface area contributed by atoms with Crippen LogP contribution in [0, 0.1) is 0 Å². The second-order valence-electron chi connectivity index (χ2n) is 5.27. The number of carboxylic acid groups (broad SMARTS) is 1. The average molecular weight is 370 g/mol. The Bertz CT molecular complexity index is 637. The highest BCUT2D eigenvalue weighted by Gasteiger charge is 2.29.